The van der Waals surface area contributed by atoms with Gasteiger partial charge in [0, 0.05) is 0 Å². The van der Waals surface area contributed by atoms with Crippen LogP contribution < -0.4 is 14.2 Å². The fourth-order valence-corrected chi connectivity index (χ4v) is 4.24. The zero-order valence-electron chi connectivity index (χ0n) is 19.8. The van der Waals surface area contributed by atoms with E-state index in [1.165, 1.54) is 0 Å². The lowest BCUT2D eigenvalue weighted by atomic mass is 9.81. The predicted octanol–water partition coefficient (Wildman–Crippen LogP) is 7.84. The molecular weight excluding hydrogens is 474 g/mol. The van der Waals surface area contributed by atoms with Gasteiger partial charge in [0.15, 0.2) is 23.1 Å². The first kappa shape index (κ1) is 27.0. The maximum absolute atomic E-state index is 14.4. The molecule has 0 heterocycles. The topological polar surface area (TPSA) is 27.7 Å². The quantitative estimate of drug-likeness (QED) is 0.292. The normalized spacial score (nSPS) is 18.4. The van der Waals surface area contributed by atoms with E-state index in [1.807, 2.05) is 0 Å². The molecule has 1 aliphatic carbocycles. The molecule has 0 spiro atoms. The average Bonchev–Trinajstić information content (AvgIpc) is 2.84. The minimum absolute atomic E-state index is 0.105. The fraction of sp³-hybridized carbons (Fsp3) is 0.538. The molecule has 194 valence electrons. The zero-order chi connectivity index (χ0) is 25.6. The van der Waals surface area contributed by atoms with Crippen molar-refractivity contribution in [1.29, 1.82) is 0 Å². The Hall–Kier alpha value is -2.58. The lowest BCUT2D eigenvalue weighted by Gasteiger charge is -2.27. The van der Waals surface area contributed by atoms with Crippen LogP contribution in [0.4, 0.5) is 26.3 Å². The Morgan fingerprint density at radius 1 is 0.743 bits per heavy atom. The number of hydrogen-bond donors (Lipinski definition) is 0. The van der Waals surface area contributed by atoms with E-state index in [-0.39, 0.29) is 36.2 Å². The van der Waals surface area contributed by atoms with Crippen molar-refractivity contribution in [3.63, 3.8) is 0 Å². The van der Waals surface area contributed by atoms with Crippen molar-refractivity contribution in [1.82, 2.24) is 0 Å². The summed E-state index contributed by atoms with van der Waals surface area (Å²) >= 11 is 0. The highest BCUT2D eigenvalue weighted by molar-refractivity contribution is 5.35. The van der Waals surface area contributed by atoms with E-state index in [4.69, 9.17) is 9.47 Å². The van der Waals surface area contributed by atoms with Gasteiger partial charge in [0.25, 0.3) is 0 Å². The van der Waals surface area contributed by atoms with Gasteiger partial charge in [0.1, 0.15) is 0 Å². The van der Waals surface area contributed by atoms with Gasteiger partial charge in [-0.1, -0.05) is 32.3 Å². The number of alkyl halides is 2. The smallest absolute Gasteiger partial charge is 0.398 e. The van der Waals surface area contributed by atoms with Crippen molar-refractivity contribution in [3.05, 3.63) is 53.1 Å². The third kappa shape index (κ3) is 6.98. The highest BCUT2D eigenvalue weighted by Crippen LogP contribution is 2.35. The molecule has 0 atom stereocenters. The molecule has 9 heteroatoms. The molecule has 3 rings (SSSR count). The summed E-state index contributed by atoms with van der Waals surface area (Å²) in [4.78, 5) is 0. The SMILES string of the molecule is CCOc1ccc(CCC(F)(F)Oc2ccc(OCC3CCC(CC)CC3)c(F)c2F)c(F)c1F. The van der Waals surface area contributed by atoms with Crippen molar-refractivity contribution in [2.45, 2.75) is 64.9 Å². The maximum atomic E-state index is 14.4. The van der Waals surface area contributed by atoms with E-state index in [0.717, 1.165) is 56.4 Å². The summed E-state index contributed by atoms with van der Waals surface area (Å²) in [7, 11) is 0. The third-order valence-corrected chi connectivity index (χ3v) is 6.40. The molecule has 1 fully saturated rings. The molecular formula is C26H30F6O3. The number of benzene rings is 2. The summed E-state index contributed by atoms with van der Waals surface area (Å²) < 4.78 is 100. The minimum Gasteiger partial charge on any atom is -0.491 e. The molecule has 0 saturated heterocycles. The highest BCUT2D eigenvalue weighted by Gasteiger charge is 2.34. The number of hydrogen-bond acceptors (Lipinski definition) is 3. The van der Waals surface area contributed by atoms with Crippen LogP contribution in [0, 0.1) is 35.1 Å². The number of rotatable bonds is 11. The maximum Gasteiger partial charge on any atom is 0.398 e. The molecule has 0 aliphatic heterocycles. The van der Waals surface area contributed by atoms with Crippen molar-refractivity contribution in [2.24, 2.45) is 11.8 Å². The van der Waals surface area contributed by atoms with E-state index >= 15 is 0 Å². The molecule has 0 unspecified atom stereocenters. The Morgan fingerprint density at radius 2 is 1.29 bits per heavy atom. The number of aryl methyl sites for hydroxylation is 1. The molecule has 0 N–H and O–H groups in total. The second-order valence-corrected chi connectivity index (χ2v) is 8.82. The first-order chi connectivity index (χ1) is 16.6. The fourth-order valence-electron chi connectivity index (χ4n) is 4.24. The Morgan fingerprint density at radius 3 is 1.94 bits per heavy atom. The van der Waals surface area contributed by atoms with Crippen LogP contribution in [0.3, 0.4) is 0 Å². The van der Waals surface area contributed by atoms with Crippen LogP contribution in [-0.4, -0.2) is 19.3 Å². The first-order valence-corrected chi connectivity index (χ1v) is 11.9. The molecule has 35 heavy (non-hydrogen) atoms. The van der Waals surface area contributed by atoms with E-state index in [0.29, 0.717) is 5.92 Å². The molecule has 0 radical (unpaired) electrons. The van der Waals surface area contributed by atoms with Gasteiger partial charge in [-0.15, -0.1) is 0 Å². The molecule has 1 aliphatic rings. The molecule has 0 amide bonds. The number of ether oxygens (including phenoxy) is 3. The van der Waals surface area contributed by atoms with Gasteiger partial charge in [-0.3, -0.25) is 0 Å². The monoisotopic (exact) mass is 504 g/mol. The highest BCUT2D eigenvalue weighted by atomic mass is 19.3. The van der Waals surface area contributed by atoms with Gasteiger partial charge in [-0.25, -0.2) is 4.39 Å². The van der Waals surface area contributed by atoms with Crippen LogP contribution in [0.5, 0.6) is 17.2 Å². The summed E-state index contributed by atoms with van der Waals surface area (Å²) in [6, 6.07) is 4.18. The molecule has 2 aromatic rings. The molecule has 3 nitrogen and oxygen atoms in total. The van der Waals surface area contributed by atoms with E-state index in [1.54, 1.807) is 6.92 Å². The van der Waals surface area contributed by atoms with Crippen LogP contribution in [0.25, 0.3) is 0 Å². The molecule has 1 saturated carbocycles. The standard InChI is InChI=1S/C26H30F6O3/c1-3-16-5-7-17(8-6-16)15-34-20-11-12-21(25(30)24(20)29)35-26(31,32)14-13-18-9-10-19(33-4-2)23(28)22(18)27/h9-12,16-17H,3-8,13-15H2,1-2H3. The lowest BCUT2D eigenvalue weighted by Crippen LogP contribution is -2.26. The van der Waals surface area contributed by atoms with Crippen LogP contribution in [0.1, 0.15) is 57.9 Å². The van der Waals surface area contributed by atoms with Gasteiger partial charge in [0.05, 0.1) is 19.6 Å². The third-order valence-electron chi connectivity index (χ3n) is 6.40. The predicted molar refractivity (Wildman–Crippen MR) is 119 cm³/mol. The van der Waals surface area contributed by atoms with E-state index in [9.17, 15) is 26.3 Å². The van der Waals surface area contributed by atoms with Gasteiger partial charge in [0.2, 0.25) is 17.5 Å². The molecule has 0 bridgehead atoms. The van der Waals surface area contributed by atoms with Crippen molar-refractivity contribution in [2.75, 3.05) is 13.2 Å². The summed E-state index contributed by atoms with van der Waals surface area (Å²) in [6.45, 7) is 4.05. The van der Waals surface area contributed by atoms with Gasteiger partial charge < -0.3 is 14.2 Å². The van der Waals surface area contributed by atoms with Gasteiger partial charge >= 0.3 is 6.11 Å². The van der Waals surface area contributed by atoms with Crippen molar-refractivity contribution in [3.8, 4) is 17.2 Å². The Kier molecular flexibility index (Phi) is 9.19. The van der Waals surface area contributed by atoms with Crippen molar-refractivity contribution < 1.29 is 40.6 Å². The molecule has 2 aromatic carbocycles. The largest absolute Gasteiger partial charge is 0.491 e. The van der Waals surface area contributed by atoms with Gasteiger partial charge in [-0.2, -0.15) is 22.0 Å². The van der Waals surface area contributed by atoms with Crippen LogP contribution in [0.15, 0.2) is 24.3 Å². The van der Waals surface area contributed by atoms with Crippen molar-refractivity contribution >= 4 is 0 Å². The first-order valence-electron chi connectivity index (χ1n) is 11.9. The van der Waals surface area contributed by atoms with E-state index < -0.39 is 48.0 Å². The minimum atomic E-state index is -3.96. The summed E-state index contributed by atoms with van der Waals surface area (Å²) in [6.07, 6.45) is -0.526. The summed E-state index contributed by atoms with van der Waals surface area (Å²) in [5, 5.41) is 0. The second-order valence-electron chi connectivity index (χ2n) is 8.82. The zero-order valence-corrected chi connectivity index (χ0v) is 19.8. The van der Waals surface area contributed by atoms with Crippen LogP contribution in [0.2, 0.25) is 0 Å². The van der Waals surface area contributed by atoms with E-state index in [2.05, 4.69) is 11.7 Å². The van der Waals surface area contributed by atoms with Crippen LogP contribution >= 0.6 is 0 Å². The van der Waals surface area contributed by atoms with Gasteiger partial charge in [-0.05, 0) is 61.8 Å². The Balaban J connectivity index is 1.59. The second kappa shape index (κ2) is 11.9. The van der Waals surface area contributed by atoms with Crippen LogP contribution in [-0.2, 0) is 6.42 Å². The number of halogens is 6. The Labute approximate surface area is 201 Å². The average molecular weight is 505 g/mol. The molecule has 0 aromatic heterocycles. The summed E-state index contributed by atoms with van der Waals surface area (Å²) in [5.41, 5.74) is -0.322. The summed E-state index contributed by atoms with van der Waals surface area (Å²) in [5.74, 6) is -6.40. The Bertz CT molecular complexity index is 990. The lowest BCUT2D eigenvalue weighted by molar-refractivity contribution is -0.181.